The fraction of sp³-hybridized carbons (Fsp3) is 0.438. The van der Waals surface area contributed by atoms with Crippen molar-refractivity contribution in [3.8, 4) is 10.9 Å². The fourth-order valence-corrected chi connectivity index (χ4v) is 3.87. The number of hydrogen-bond donors (Lipinski definition) is 0. The zero-order chi connectivity index (χ0) is 17.6. The number of hydrogen-bond acceptors (Lipinski definition) is 5. The minimum absolute atomic E-state index is 0.0655. The first-order valence-corrected chi connectivity index (χ1v) is 9.07. The van der Waals surface area contributed by atoms with Gasteiger partial charge in [-0.2, -0.15) is 0 Å². The fourth-order valence-electron chi connectivity index (χ4n) is 3.02. The Hall–Kier alpha value is -2.42. The minimum Gasteiger partial charge on any atom is -0.470 e. The average molecular weight is 364 g/mol. The third-order valence-electron chi connectivity index (χ3n) is 4.21. The van der Waals surface area contributed by atoms with E-state index in [4.69, 9.17) is 4.74 Å². The van der Waals surface area contributed by atoms with Crippen molar-refractivity contribution in [1.82, 2.24) is 18.9 Å². The molecule has 7 nitrogen and oxygen atoms in total. The highest BCUT2D eigenvalue weighted by atomic mass is 32.1. The second-order valence-corrected chi connectivity index (χ2v) is 6.95. The van der Waals surface area contributed by atoms with Gasteiger partial charge in [0.2, 0.25) is 0 Å². The first kappa shape index (κ1) is 16.1. The molecule has 0 bridgehead atoms. The van der Waals surface area contributed by atoms with Crippen LogP contribution in [0, 0.1) is 5.82 Å². The van der Waals surface area contributed by atoms with Crippen molar-refractivity contribution in [2.24, 2.45) is 0 Å². The molecule has 1 aromatic carbocycles. The van der Waals surface area contributed by atoms with E-state index in [1.807, 2.05) is 6.92 Å². The molecule has 2 aromatic heterocycles. The van der Waals surface area contributed by atoms with Crippen LogP contribution in [0.15, 0.2) is 21.7 Å². The summed E-state index contributed by atoms with van der Waals surface area (Å²) in [4.78, 5) is 29.4. The standard InChI is InChI=1S/C16H17FN4O3S/c1-2-7-24-14-18-11-9-12(10(17)8-13(11)25-14)21-15(22)19-5-3-4-6-20(19)16(21)23/h8-9H,2-7H2,1H3. The third-order valence-corrected chi connectivity index (χ3v) is 5.14. The molecule has 4 rings (SSSR count). The number of thiazole rings is 1. The van der Waals surface area contributed by atoms with Gasteiger partial charge in [-0.3, -0.25) is 0 Å². The lowest BCUT2D eigenvalue weighted by Gasteiger charge is -2.13. The number of fused-ring (bicyclic) bond motifs is 2. The lowest BCUT2D eigenvalue weighted by atomic mass is 10.3. The molecular formula is C16H17FN4O3S. The molecule has 0 saturated carbocycles. The van der Waals surface area contributed by atoms with E-state index in [9.17, 15) is 14.0 Å². The maximum absolute atomic E-state index is 14.6. The monoisotopic (exact) mass is 364 g/mol. The van der Waals surface area contributed by atoms with Crippen LogP contribution in [0.4, 0.5) is 4.39 Å². The summed E-state index contributed by atoms with van der Waals surface area (Å²) in [6.07, 6.45) is 2.50. The molecule has 0 fully saturated rings. The Balaban J connectivity index is 1.87. The highest BCUT2D eigenvalue weighted by molar-refractivity contribution is 7.20. The molecule has 0 atom stereocenters. The van der Waals surface area contributed by atoms with Crippen molar-refractivity contribution >= 4 is 21.6 Å². The number of ether oxygens (including phenoxy) is 1. The van der Waals surface area contributed by atoms with Crippen LogP contribution in [0.1, 0.15) is 26.2 Å². The van der Waals surface area contributed by atoms with E-state index >= 15 is 0 Å². The average Bonchev–Trinajstić information content (AvgIpc) is 3.11. The van der Waals surface area contributed by atoms with Gasteiger partial charge >= 0.3 is 11.4 Å². The summed E-state index contributed by atoms with van der Waals surface area (Å²) in [5.74, 6) is -0.624. The lowest BCUT2D eigenvalue weighted by molar-refractivity contribution is 0.316. The predicted molar refractivity (Wildman–Crippen MR) is 92.4 cm³/mol. The Morgan fingerprint density at radius 1 is 1.20 bits per heavy atom. The molecule has 0 unspecified atom stereocenters. The van der Waals surface area contributed by atoms with E-state index in [1.165, 1.54) is 32.8 Å². The first-order valence-electron chi connectivity index (χ1n) is 8.26. The normalized spacial score (nSPS) is 14.0. The van der Waals surface area contributed by atoms with Gasteiger partial charge < -0.3 is 4.74 Å². The summed E-state index contributed by atoms with van der Waals surface area (Å²) in [6, 6.07) is 2.74. The van der Waals surface area contributed by atoms with Crippen LogP contribution in [-0.4, -0.2) is 25.5 Å². The summed E-state index contributed by atoms with van der Waals surface area (Å²) in [5, 5.41) is 0.452. The van der Waals surface area contributed by atoms with Gasteiger partial charge in [-0.15, -0.1) is 0 Å². The number of halogens is 1. The minimum atomic E-state index is -0.624. The van der Waals surface area contributed by atoms with E-state index in [0.717, 1.165) is 23.8 Å². The molecule has 9 heteroatoms. The van der Waals surface area contributed by atoms with Crippen LogP contribution < -0.4 is 16.1 Å². The van der Waals surface area contributed by atoms with Crippen molar-refractivity contribution in [1.29, 1.82) is 0 Å². The van der Waals surface area contributed by atoms with Gasteiger partial charge in [-0.05, 0) is 31.4 Å². The van der Waals surface area contributed by atoms with Crippen LogP contribution in [0.2, 0.25) is 0 Å². The molecule has 25 heavy (non-hydrogen) atoms. The van der Waals surface area contributed by atoms with Crippen molar-refractivity contribution in [2.75, 3.05) is 6.61 Å². The molecule has 0 aliphatic carbocycles. The summed E-state index contributed by atoms with van der Waals surface area (Å²) < 4.78 is 24.4. The van der Waals surface area contributed by atoms with Gasteiger partial charge in [0.25, 0.3) is 5.19 Å². The SMILES string of the molecule is CCCOc1nc2cc(-n3c(=O)n4n(c3=O)CCCC4)c(F)cc2s1. The molecule has 0 saturated heterocycles. The maximum Gasteiger partial charge on any atom is 0.351 e. The molecule has 1 aliphatic heterocycles. The molecule has 1 aliphatic rings. The third kappa shape index (κ3) is 2.58. The first-order chi connectivity index (χ1) is 12.1. The van der Waals surface area contributed by atoms with Crippen LogP contribution in [0.25, 0.3) is 15.9 Å². The number of rotatable bonds is 4. The van der Waals surface area contributed by atoms with E-state index in [1.54, 1.807) is 0 Å². The van der Waals surface area contributed by atoms with Gasteiger partial charge in [0.15, 0.2) is 0 Å². The topological polar surface area (TPSA) is 71.1 Å². The van der Waals surface area contributed by atoms with Gasteiger partial charge in [0.1, 0.15) is 5.82 Å². The maximum atomic E-state index is 14.6. The quantitative estimate of drug-likeness (QED) is 0.711. The summed E-state index contributed by atoms with van der Waals surface area (Å²) in [6.45, 7) is 3.45. The van der Waals surface area contributed by atoms with Gasteiger partial charge in [0, 0.05) is 13.1 Å². The second-order valence-electron chi connectivity index (χ2n) is 5.95. The Kier molecular flexibility index (Phi) is 3.95. The van der Waals surface area contributed by atoms with Crippen molar-refractivity contribution in [3.05, 3.63) is 38.9 Å². The number of aromatic nitrogens is 4. The number of benzene rings is 1. The van der Waals surface area contributed by atoms with Crippen molar-refractivity contribution in [2.45, 2.75) is 39.3 Å². The van der Waals surface area contributed by atoms with Crippen LogP contribution >= 0.6 is 11.3 Å². The summed E-state index contributed by atoms with van der Waals surface area (Å²) in [5.41, 5.74) is -0.585. The molecule has 3 heterocycles. The highest BCUT2D eigenvalue weighted by Crippen LogP contribution is 2.30. The van der Waals surface area contributed by atoms with Crippen LogP contribution in [0.3, 0.4) is 0 Å². The molecule has 0 radical (unpaired) electrons. The Bertz CT molecular complexity index is 1020. The van der Waals surface area contributed by atoms with E-state index in [-0.39, 0.29) is 5.69 Å². The summed E-state index contributed by atoms with van der Waals surface area (Å²) in [7, 11) is 0. The van der Waals surface area contributed by atoms with E-state index in [2.05, 4.69) is 4.98 Å². The molecule has 0 N–H and O–H groups in total. The van der Waals surface area contributed by atoms with E-state index in [0.29, 0.717) is 35.1 Å². The second kappa shape index (κ2) is 6.14. The van der Waals surface area contributed by atoms with Gasteiger partial charge in [-0.1, -0.05) is 18.3 Å². The van der Waals surface area contributed by atoms with Crippen LogP contribution in [-0.2, 0) is 13.1 Å². The van der Waals surface area contributed by atoms with Crippen LogP contribution in [0.5, 0.6) is 5.19 Å². The molecule has 132 valence electrons. The highest BCUT2D eigenvalue weighted by Gasteiger charge is 2.22. The van der Waals surface area contributed by atoms with Crippen molar-refractivity contribution in [3.63, 3.8) is 0 Å². The molecule has 0 amide bonds. The van der Waals surface area contributed by atoms with E-state index < -0.39 is 17.2 Å². The molecule has 3 aromatic rings. The lowest BCUT2D eigenvalue weighted by Crippen LogP contribution is -2.30. The number of nitrogens with zero attached hydrogens (tertiary/aromatic N) is 4. The Labute approximate surface area is 145 Å². The smallest absolute Gasteiger partial charge is 0.351 e. The Morgan fingerprint density at radius 3 is 2.52 bits per heavy atom. The molecule has 0 spiro atoms. The Morgan fingerprint density at radius 2 is 1.88 bits per heavy atom. The van der Waals surface area contributed by atoms with Gasteiger partial charge in [0.05, 0.1) is 22.5 Å². The largest absolute Gasteiger partial charge is 0.470 e. The zero-order valence-corrected chi connectivity index (χ0v) is 14.5. The predicted octanol–water partition coefficient (Wildman–Crippen LogP) is 2.13. The summed E-state index contributed by atoms with van der Waals surface area (Å²) >= 11 is 1.24. The van der Waals surface area contributed by atoms with Gasteiger partial charge in [-0.25, -0.2) is 32.9 Å². The zero-order valence-electron chi connectivity index (χ0n) is 13.7. The molecular weight excluding hydrogens is 347 g/mol. The van der Waals surface area contributed by atoms with Crippen molar-refractivity contribution < 1.29 is 9.13 Å².